The van der Waals surface area contributed by atoms with Gasteiger partial charge in [0.1, 0.15) is 5.78 Å². The number of carbonyl (C=O) groups excluding carboxylic acids is 1. The molecule has 2 rings (SSSR count). The summed E-state index contributed by atoms with van der Waals surface area (Å²) < 4.78 is 0. The summed E-state index contributed by atoms with van der Waals surface area (Å²) in [5.74, 6) is 0.281. The van der Waals surface area contributed by atoms with E-state index in [-0.39, 0.29) is 5.78 Å². The van der Waals surface area contributed by atoms with Gasteiger partial charge in [-0.15, -0.1) is 0 Å². The second-order valence-corrected chi connectivity index (χ2v) is 5.60. The molecule has 1 aliphatic rings. The molecule has 0 spiro atoms. The summed E-state index contributed by atoms with van der Waals surface area (Å²) in [6.07, 6.45) is 5.33. The van der Waals surface area contributed by atoms with Crippen LogP contribution in [0.2, 0.25) is 0 Å². The molecule has 1 unspecified atom stereocenters. The maximum atomic E-state index is 11.2. The van der Waals surface area contributed by atoms with E-state index in [0.717, 1.165) is 6.42 Å². The minimum absolute atomic E-state index is 0.281. The van der Waals surface area contributed by atoms with Gasteiger partial charge in [-0.1, -0.05) is 18.2 Å². The van der Waals surface area contributed by atoms with E-state index in [4.69, 9.17) is 0 Å². The number of fused-ring (bicyclic) bond motifs is 1. The third-order valence-corrected chi connectivity index (χ3v) is 3.90. The summed E-state index contributed by atoms with van der Waals surface area (Å²) in [5, 5.41) is 0. The molecule has 0 saturated carbocycles. The zero-order valence-electron chi connectivity index (χ0n) is 11.7. The van der Waals surface area contributed by atoms with E-state index in [9.17, 15) is 4.79 Å². The Bertz CT molecular complexity index is 437. The van der Waals surface area contributed by atoms with Crippen LogP contribution < -0.4 is 0 Å². The van der Waals surface area contributed by atoms with E-state index in [0.29, 0.717) is 12.5 Å². The van der Waals surface area contributed by atoms with Crippen LogP contribution in [0.4, 0.5) is 0 Å². The van der Waals surface area contributed by atoms with Gasteiger partial charge in [-0.3, -0.25) is 0 Å². The lowest BCUT2D eigenvalue weighted by molar-refractivity contribution is -0.117. The van der Waals surface area contributed by atoms with Gasteiger partial charge in [0.25, 0.3) is 0 Å². The minimum Gasteiger partial charge on any atom is -0.302 e. The smallest absolute Gasteiger partial charge is 0.129 e. The summed E-state index contributed by atoms with van der Waals surface area (Å²) in [4.78, 5) is 13.4. The zero-order chi connectivity index (χ0) is 13.1. The van der Waals surface area contributed by atoms with Crippen molar-refractivity contribution in [1.29, 1.82) is 0 Å². The van der Waals surface area contributed by atoms with Crippen LogP contribution in [0.3, 0.4) is 0 Å². The molecule has 1 aromatic carbocycles. The summed E-state index contributed by atoms with van der Waals surface area (Å²) >= 11 is 0. The molecule has 0 bridgehead atoms. The Kier molecular flexibility index (Phi) is 4.18. The van der Waals surface area contributed by atoms with Gasteiger partial charge in [0.2, 0.25) is 0 Å². The Hall–Kier alpha value is -1.15. The molecule has 0 heterocycles. The van der Waals surface area contributed by atoms with Crippen LogP contribution in [-0.2, 0) is 17.6 Å². The quantitative estimate of drug-likeness (QED) is 0.794. The van der Waals surface area contributed by atoms with Crippen LogP contribution in [0, 0.1) is 0 Å². The molecule has 1 atom stereocenters. The summed E-state index contributed by atoms with van der Waals surface area (Å²) in [6, 6.07) is 7.24. The minimum atomic E-state index is 0.281. The second-order valence-electron chi connectivity index (χ2n) is 5.60. The van der Waals surface area contributed by atoms with Crippen LogP contribution in [0.25, 0.3) is 0 Å². The number of hydrogen-bond acceptors (Lipinski definition) is 2. The maximum Gasteiger partial charge on any atom is 0.129 e. The monoisotopic (exact) mass is 245 g/mol. The number of benzene rings is 1. The highest BCUT2D eigenvalue weighted by Crippen LogP contribution is 2.29. The Balaban J connectivity index is 2.17. The number of rotatable bonds is 5. The molecule has 0 fully saturated rings. The molecular weight excluding hydrogens is 222 g/mol. The lowest BCUT2D eigenvalue weighted by Gasteiger charge is -2.25. The average molecular weight is 245 g/mol. The lowest BCUT2D eigenvalue weighted by Crippen LogP contribution is -2.20. The van der Waals surface area contributed by atoms with Crippen molar-refractivity contribution in [3.05, 3.63) is 34.9 Å². The first-order valence-corrected chi connectivity index (χ1v) is 6.85. The largest absolute Gasteiger partial charge is 0.302 e. The van der Waals surface area contributed by atoms with Gasteiger partial charge in [0.15, 0.2) is 0 Å². The van der Waals surface area contributed by atoms with Crippen molar-refractivity contribution in [3.63, 3.8) is 0 Å². The Morgan fingerprint density at radius 1 is 1.28 bits per heavy atom. The first-order chi connectivity index (χ1) is 8.58. The van der Waals surface area contributed by atoms with Crippen molar-refractivity contribution in [3.8, 4) is 0 Å². The SMILES string of the molecule is CC(=O)CCC(c1ccc2c(c1)CCC2)N(C)C. The van der Waals surface area contributed by atoms with Crippen LogP contribution in [0.15, 0.2) is 18.2 Å². The number of nitrogens with zero attached hydrogens (tertiary/aromatic N) is 1. The van der Waals surface area contributed by atoms with E-state index in [1.165, 1.54) is 36.0 Å². The molecule has 2 nitrogen and oxygen atoms in total. The molecule has 1 aliphatic carbocycles. The molecule has 18 heavy (non-hydrogen) atoms. The number of ketones is 1. The highest BCUT2D eigenvalue weighted by atomic mass is 16.1. The molecule has 2 heteroatoms. The van der Waals surface area contributed by atoms with Gasteiger partial charge in [0, 0.05) is 12.5 Å². The van der Waals surface area contributed by atoms with E-state index in [1.54, 1.807) is 6.92 Å². The number of carbonyl (C=O) groups is 1. The fourth-order valence-electron chi connectivity index (χ4n) is 2.86. The first-order valence-electron chi connectivity index (χ1n) is 6.85. The molecule has 0 aliphatic heterocycles. The predicted molar refractivity (Wildman–Crippen MR) is 74.8 cm³/mol. The van der Waals surface area contributed by atoms with Crippen LogP contribution >= 0.6 is 0 Å². The molecule has 1 aromatic rings. The topological polar surface area (TPSA) is 20.3 Å². The fraction of sp³-hybridized carbons (Fsp3) is 0.562. The summed E-state index contributed by atoms with van der Waals surface area (Å²) in [5.41, 5.74) is 4.40. The Morgan fingerprint density at radius 2 is 2.00 bits per heavy atom. The van der Waals surface area contributed by atoms with Gasteiger partial charge >= 0.3 is 0 Å². The van der Waals surface area contributed by atoms with Crippen molar-refractivity contribution in [1.82, 2.24) is 4.90 Å². The molecule has 98 valence electrons. The zero-order valence-corrected chi connectivity index (χ0v) is 11.7. The van der Waals surface area contributed by atoms with Gasteiger partial charge in [-0.2, -0.15) is 0 Å². The standard InChI is InChI=1S/C16H23NO/c1-12(18)7-10-16(17(2)3)15-9-8-13-5-4-6-14(13)11-15/h8-9,11,16H,4-7,10H2,1-3H3. The third-order valence-electron chi connectivity index (χ3n) is 3.90. The molecule has 0 aromatic heterocycles. The average Bonchev–Trinajstić information content (AvgIpc) is 2.75. The van der Waals surface area contributed by atoms with Crippen LogP contribution in [-0.4, -0.2) is 24.8 Å². The van der Waals surface area contributed by atoms with Gasteiger partial charge < -0.3 is 9.69 Å². The fourth-order valence-corrected chi connectivity index (χ4v) is 2.86. The van der Waals surface area contributed by atoms with Gasteiger partial charge in [-0.25, -0.2) is 0 Å². The van der Waals surface area contributed by atoms with Crippen molar-refractivity contribution >= 4 is 5.78 Å². The normalized spacial score (nSPS) is 15.8. The first kappa shape index (κ1) is 13.3. The number of aryl methyl sites for hydroxylation is 2. The Labute approximate surface area is 110 Å². The molecule has 0 amide bonds. The van der Waals surface area contributed by atoms with Crippen molar-refractivity contribution in [2.24, 2.45) is 0 Å². The molecular formula is C16H23NO. The Morgan fingerprint density at radius 3 is 2.67 bits per heavy atom. The van der Waals surface area contributed by atoms with Gasteiger partial charge in [-0.05, 0) is 63.4 Å². The van der Waals surface area contributed by atoms with E-state index >= 15 is 0 Å². The highest BCUT2D eigenvalue weighted by molar-refractivity contribution is 5.75. The summed E-state index contributed by atoms with van der Waals surface area (Å²) in [6.45, 7) is 1.68. The molecule has 0 radical (unpaired) electrons. The predicted octanol–water partition coefficient (Wildman–Crippen LogP) is 3.15. The van der Waals surface area contributed by atoms with Crippen molar-refractivity contribution < 1.29 is 4.79 Å². The number of hydrogen-bond donors (Lipinski definition) is 0. The van der Waals surface area contributed by atoms with Crippen molar-refractivity contribution in [2.45, 2.75) is 45.1 Å². The molecule has 0 saturated heterocycles. The highest BCUT2D eigenvalue weighted by Gasteiger charge is 2.18. The third kappa shape index (κ3) is 2.99. The maximum absolute atomic E-state index is 11.2. The second kappa shape index (κ2) is 5.66. The number of Topliss-reactive ketones (excluding diaryl/α,β-unsaturated/α-hetero) is 1. The lowest BCUT2D eigenvalue weighted by atomic mass is 9.96. The van der Waals surface area contributed by atoms with Gasteiger partial charge in [0.05, 0.1) is 0 Å². The van der Waals surface area contributed by atoms with Crippen molar-refractivity contribution in [2.75, 3.05) is 14.1 Å². The summed E-state index contributed by atoms with van der Waals surface area (Å²) in [7, 11) is 4.19. The van der Waals surface area contributed by atoms with Crippen LogP contribution in [0.5, 0.6) is 0 Å². The van der Waals surface area contributed by atoms with Crippen LogP contribution in [0.1, 0.15) is 48.9 Å². The van der Waals surface area contributed by atoms with E-state index in [2.05, 4.69) is 37.2 Å². The van der Waals surface area contributed by atoms with E-state index in [1.807, 2.05) is 0 Å². The molecule has 0 N–H and O–H groups in total. The van der Waals surface area contributed by atoms with E-state index < -0.39 is 0 Å².